The van der Waals surface area contributed by atoms with E-state index in [1.54, 1.807) is 0 Å². The van der Waals surface area contributed by atoms with Gasteiger partial charge in [0.15, 0.2) is 0 Å². The Balaban J connectivity index is 1.92. The lowest BCUT2D eigenvalue weighted by Gasteiger charge is -2.39. The lowest BCUT2D eigenvalue weighted by atomic mass is 9.88. The molecule has 86 valence electrons. The van der Waals surface area contributed by atoms with Gasteiger partial charge >= 0.3 is 0 Å². The summed E-state index contributed by atoms with van der Waals surface area (Å²) in [5.41, 5.74) is 0. The van der Waals surface area contributed by atoms with Gasteiger partial charge in [-0.15, -0.1) is 0 Å². The molecule has 3 heteroatoms. The minimum atomic E-state index is 0.0735. The predicted molar refractivity (Wildman–Crippen MR) is 60.6 cm³/mol. The van der Waals surface area contributed by atoms with Gasteiger partial charge in [-0.25, -0.2) is 0 Å². The molecule has 0 aromatic heterocycles. The molecule has 0 radical (unpaired) electrons. The van der Waals surface area contributed by atoms with E-state index in [1.807, 2.05) is 11.9 Å². The highest BCUT2D eigenvalue weighted by molar-refractivity contribution is 5.82. The third-order valence-corrected chi connectivity index (χ3v) is 4.01. The van der Waals surface area contributed by atoms with E-state index < -0.39 is 0 Å². The average molecular weight is 210 g/mol. The van der Waals surface area contributed by atoms with E-state index in [-0.39, 0.29) is 6.04 Å². The molecule has 1 saturated carbocycles. The van der Waals surface area contributed by atoms with E-state index in [9.17, 15) is 4.79 Å². The Morgan fingerprint density at radius 1 is 1.27 bits per heavy atom. The van der Waals surface area contributed by atoms with Gasteiger partial charge in [0.1, 0.15) is 0 Å². The second-order valence-electron chi connectivity index (χ2n) is 5.09. The van der Waals surface area contributed by atoms with Crippen LogP contribution in [0.25, 0.3) is 0 Å². The van der Waals surface area contributed by atoms with Gasteiger partial charge in [0, 0.05) is 13.1 Å². The van der Waals surface area contributed by atoms with Crippen molar-refractivity contribution in [1.82, 2.24) is 10.2 Å². The second-order valence-corrected chi connectivity index (χ2v) is 5.09. The number of piperidine rings is 1. The molecule has 15 heavy (non-hydrogen) atoms. The number of hydrogen-bond acceptors (Lipinski definition) is 2. The number of carbonyl (C=O) groups is 1. The van der Waals surface area contributed by atoms with Crippen LogP contribution in [0, 0.1) is 5.92 Å². The van der Waals surface area contributed by atoms with Crippen LogP contribution in [0.5, 0.6) is 0 Å². The average Bonchev–Trinajstić information content (AvgIpc) is 2.15. The first-order valence-electron chi connectivity index (χ1n) is 6.20. The highest BCUT2D eigenvalue weighted by atomic mass is 16.2. The summed E-state index contributed by atoms with van der Waals surface area (Å²) in [6, 6.07) is 0.595. The van der Waals surface area contributed by atoms with Crippen molar-refractivity contribution >= 4 is 5.91 Å². The fourth-order valence-electron chi connectivity index (χ4n) is 2.55. The number of carbonyl (C=O) groups excluding carboxylic acids is 1. The van der Waals surface area contributed by atoms with Crippen LogP contribution in [0.1, 0.15) is 39.0 Å². The molecule has 0 bridgehead atoms. The van der Waals surface area contributed by atoms with Crippen molar-refractivity contribution in [3.8, 4) is 0 Å². The van der Waals surface area contributed by atoms with Crippen molar-refractivity contribution in [2.24, 2.45) is 5.92 Å². The van der Waals surface area contributed by atoms with Gasteiger partial charge in [0.05, 0.1) is 6.04 Å². The molecule has 1 aliphatic carbocycles. The maximum Gasteiger partial charge on any atom is 0.239 e. The number of nitrogens with one attached hydrogen (secondary N) is 1. The van der Waals surface area contributed by atoms with Crippen LogP contribution in [0.3, 0.4) is 0 Å². The predicted octanol–water partition coefficient (Wildman–Crippen LogP) is 1.39. The Morgan fingerprint density at radius 2 is 2.00 bits per heavy atom. The molecule has 2 unspecified atom stereocenters. The van der Waals surface area contributed by atoms with E-state index >= 15 is 0 Å². The minimum absolute atomic E-state index is 0.0735. The third-order valence-electron chi connectivity index (χ3n) is 4.01. The first-order chi connectivity index (χ1) is 7.20. The van der Waals surface area contributed by atoms with Crippen molar-refractivity contribution in [1.29, 1.82) is 0 Å². The van der Waals surface area contributed by atoms with Crippen LogP contribution in [0.15, 0.2) is 0 Å². The molecule has 1 amide bonds. The summed E-state index contributed by atoms with van der Waals surface area (Å²) >= 11 is 0. The van der Waals surface area contributed by atoms with Gasteiger partial charge < -0.3 is 10.2 Å². The van der Waals surface area contributed by atoms with Crippen molar-refractivity contribution in [2.45, 2.75) is 51.1 Å². The molecule has 0 spiro atoms. The lowest BCUT2D eigenvalue weighted by molar-refractivity contribution is -0.137. The maximum absolute atomic E-state index is 12.2. The van der Waals surface area contributed by atoms with Gasteiger partial charge in [-0.05, 0) is 44.6 Å². The summed E-state index contributed by atoms with van der Waals surface area (Å²) in [5.74, 6) is 0.806. The molecular formula is C12H22N2O. The molecule has 2 rings (SSSR count). The molecular weight excluding hydrogens is 188 g/mol. The van der Waals surface area contributed by atoms with Crippen LogP contribution in [-0.4, -0.2) is 36.5 Å². The Hall–Kier alpha value is -0.570. The topological polar surface area (TPSA) is 32.3 Å². The van der Waals surface area contributed by atoms with Gasteiger partial charge in [0.25, 0.3) is 0 Å². The van der Waals surface area contributed by atoms with Crippen LogP contribution in [-0.2, 0) is 4.79 Å². The Morgan fingerprint density at radius 3 is 2.53 bits per heavy atom. The zero-order valence-corrected chi connectivity index (χ0v) is 9.83. The van der Waals surface area contributed by atoms with Gasteiger partial charge in [-0.3, -0.25) is 4.79 Å². The fraction of sp³-hybridized carbons (Fsp3) is 0.917. The Kier molecular flexibility index (Phi) is 3.29. The first kappa shape index (κ1) is 10.9. The summed E-state index contributed by atoms with van der Waals surface area (Å²) in [4.78, 5) is 14.2. The summed E-state index contributed by atoms with van der Waals surface area (Å²) in [6.45, 7) is 3.18. The highest BCUT2D eigenvalue weighted by Crippen LogP contribution is 2.26. The van der Waals surface area contributed by atoms with Crippen LogP contribution >= 0.6 is 0 Å². The van der Waals surface area contributed by atoms with Crippen LogP contribution in [0.4, 0.5) is 0 Å². The molecule has 2 aliphatic rings. The number of amides is 1. The third kappa shape index (κ3) is 2.17. The molecule has 3 nitrogen and oxygen atoms in total. The van der Waals surface area contributed by atoms with Gasteiger partial charge in [0.2, 0.25) is 5.91 Å². The number of nitrogens with zero attached hydrogens (tertiary/aromatic N) is 1. The molecule has 1 saturated heterocycles. The quantitative estimate of drug-likeness (QED) is 0.747. The number of hydrogen-bond donors (Lipinski definition) is 1. The molecule has 1 aliphatic heterocycles. The van der Waals surface area contributed by atoms with Crippen LogP contribution < -0.4 is 5.32 Å². The second kappa shape index (κ2) is 4.52. The highest BCUT2D eigenvalue weighted by Gasteiger charge is 2.33. The van der Waals surface area contributed by atoms with Gasteiger partial charge in [-0.1, -0.05) is 6.92 Å². The summed E-state index contributed by atoms with van der Waals surface area (Å²) in [6.07, 6.45) is 6.07. The largest absolute Gasteiger partial charge is 0.341 e. The minimum Gasteiger partial charge on any atom is -0.341 e. The van der Waals surface area contributed by atoms with E-state index in [1.165, 1.54) is 32.1 Å². The van der Waals surface area contributed by atoms with Crippen molar-refractivity contribution < 1.29 is 4.79 Å². The Labute approximate surface area is 92.2 Å². The van der Waals surface area contributed by atoms with Crippen molar-refractivity contribution in [3.63, 3.8) is 0 Å². The van der Waals surface area contributed by atoms with E-state index in [0.29, 0.717) is 17.9 Å². The molecule has 1 heterocycles. The standard InChI is InChI=1S/C12H22N2O/c1-9-5-4-8-13-11(9)12(15)14(2)10-6-3-7-10/h9-11,13H,3-8H2,1-2H3. The molecule has 2 fully saturated rings. The van der Waals surface area contributed by atoms with Gasteiger partial charge in [-0.2, -0.15) is 0 Å². The molecule has 0 aromatic carbocycles. The van der Waals surface area contributed by atoms with E-state index in [0.717, 1.165) is 6.54 Å². The van der Waals surface area contributed by atoms with E-state index in [2.05, 4.69) is 12.2 Å². The summed E-state index contributed by atoms with van der Waals surface area (Å²) in [7, 11) is 1.97. The Bertz CT molecular complexity index is 238. The first-order valence-corrected chi connectivity index (χ1v) is 6.20. The summed E-state index contributed by atoms with van der Waals surface area (Å²) in [5, 5.41) is 3.36. The number of rotatable bonds is 2. The molecule has 2 atom stereocenters. The maximum atomic E-state index is 12.2. The normalized spacial score (nSPS) is 32.1. The monoisotopic (exact) mass is 210 g/mol. The van der Waals surface area contributed by atoms with Crippen LogP contribution in [0.2, 0.25) is 0 Å². The van der Waals surface area contributed by atoms with E-state index in [4.69, 9.17) is 0 Å². The summed E-state index contributed by atoms with van der Waals surface area (Å²) < 4.78 is 0. The SMILES string of the molecule is CC1CCCNC1C(=O)N(C)C1CCC1. The molecule has 0 aromatic rings. The molecule has 1 N–H and O–H groups in total. The zero-order valence-electron chi connectivity index (χ0n) is 9.83. The fourth-order valence-corrected chi connectivity index (χ4v) is 2.55. The lowest BCUT2D eigenvalue weighted by Crippen LogP contribution is -2.54. The smallest absolute Gasteiger partial charge is 0.239 e. The van der Waals surface area contributed by atoms with Crippen molar-refractivity contribution in [3.05, 3.63) is 0 Å². The van der Waals surface area contributed by atoms with Crippen molar-refractivity contribution in [2.75, 3.05) is 13.6 Å². The zero-order chi connectivity index (χ0) is 10.8. The number of likely N-dealkylation sites (N-methyl/N-ethyl adjacent to an activating group) is 1.